The second-order valence-corrected chi connectivity index (χ2v) is 6.82. The van der Waals surface area contributed by atoms with Crippen molar-refractivity contribution in [3.8, 4) is 0 Å². The summed E-state index contributed by atoms with van der Waals surface area (Å²) in [5.41, 5.74) is 8.04. The van der Waals surface area contributed by atoms with Crippen LogP contribution in [0.4, 0.5) is 0 Å². The van der Waals surface area contributed by atoms with Crippen LogP contribution in [-0.2, 0) is 27.4 Å². The predicted octanol–water partition coefficient (Wildman–Crippen LogP) is -0.0974. The van der Waals surface area contributed by atoms with Crippen LogP contribution in [0, 0.1) is 0 Å². The molecule has 0 spiro atoms. The molecule has 1 aromatic rings. The Morgan fingerprint density at radius 2 is 2.11 bits per heavy atom. The fourth-order valence-corrected chi connectivity index (χ4v) is 3.40. The average Bonchev–Trinajstić information content (AvgIpc) is 2.97. The van der Waals surface area contributed by atoms with Crippen molar-refractivity contribution in [3.05, 3.63) is 34.9 Å². The lowest BCUT2D eigenvalue weighted by atomic mass is 10.0. The van der Waals surface area contributed by atoms with Crippen LogP contribution < -0.4 is 16.4 Å². The summed E-state index contributed by atoms with van der Waals surface area (Å²) in [6, 6.07) is 5.17. The third kappa shape index (κ3) is 4.71. The van der Waals surface area contributed by atoms with Gasteiger partial charge in [-0.1, -0.05) is 12.1 Å². The first-order valence-corrected chi connectivity index (χ1v) is 9.35. The molecule has 0 bridgehead atoms. The molecule has 0 aliphatic carbocycles. The molecule has 3 rings (SSSR count). The Labute approximate surface area is 158 Å². The van der Waals surface area contributed by atoms with Gasteiger partial charge in [0.1, 0.15) is 6.04 Å². The van der Waals surface area contributed by atoms with E-state index in [0.717, 1.165) is 24.1 Å². The first-order chi connectivity index (χ1) is 13.1. The lowest BCUT2D eigenvalue weighted by Crippen LogP contribution is -2.52. The van der Waals surface area contributed by atoms with Crippen LogP contribution >= 0.6 is 0 Å². The SMILES string of the molecule is NCCCOCCNCc1ccc2c(c1)CN(C1CCC(=O)NC1=O)C2=O. The van der Waals surface area contributed by atoms with Crippen molar-refractivity contribution in [2.24, 2.45) is 5.73 Å². The lowest BCUT2D eigenvalue weighted by molar-refractivity contribution is -0.136. The zero-order chi connectivity index (χ0) is 19.2. The second-order valence-electron chi connectivity index (χ2n) is 6.82. The number of benzene rings is 1. The Morgan fingerprint density at radius 3 is 2.89 bits per heavy atom. The number of nitrogens with zero attached hydrogens (tertiary/aromatic N) is 1. The van der Waals surface area contributed by atoms with E-state index in [1.54, 1.807) is 4.90 Å². The van der Waals surface area contributed by atoms with Gasteiger partial charge in [0.25, 0.3) is 5.91 Å². The van der Waals surface area contributed by atoms with Crippen molar-refractivity contribution in [3.63, 3.8) is 0 Å². The van der Waals surface area contributed by atoms with Gasteiger partial charge in [0, 0.05) is 38.2 Å². The number of fused-ring (bicyclic) bond motifs is 1. The summed E-state index contributed by atoms with van der Waals surface area (Å²) in [7, 11) is 0. The molecule has 1 aromatic carbocycles. The topological polar surface area (TPSA) is 114 Å². The van der Waals surface area contributed by atoms with Crippen molar-refractivity contribution < 1.29 is 19.1 Å². The van der Waals surface area contributed by atoms with Gasteiger partial charge in [0.05, 0.1) is 6.61 Å². The number of carbonyl (C=O) groups is 3. The zero-order valence-corrected chi connectivity index (χ0v) is 15.3. The molecule has 1 saturated heterocycles. The number of imide groups is 1. The molecule has 4 N–H and O–H groups in total. The molecule has 1 unspecified atom stereocenters. The fourth-order valence-electron chi connectivity index (χ4n) is 3.40. The monoisotopic (exact) mass is 374 g/mol. The molecular formula is C19H26N4O4. The third-order valence-corrected chi connectivity index (χ3v) is 4.83. The zero-order valence-electron chi connectivity index (χ0n) is 15.3. The standard InChI is InChI=1S/C19H26N4O4/c20-6-1-8-27-9-7-21-11-13-2-3-15-14(10-13)12-23(19(15)26)16-4-5-17(24)22-18(16)25/h2-3,10,16,21H,1,4-9,11-12,20H2,(H,22,24,25). The average molecular weight is 374 g/mol. The van der Waals surface area contributed by atoms with Gasteiger partial charge in [-0.3, -0.25) is 19.7 Å². The van der Waals surface area contributed by atoms with E-state index in [2.05, 4.69) is 10.6 Å². The highest BCUT2D eigenvalue weighted by molar-refractivity contribution is 6.05. The van der Waals surface area contributed by atoms with E-state index in [1.165, 1.54) is 0 Å². The minimum Gasteiger partial charge on any atom is -0.380 e. The highest BCUT2D eigenvalue weighted by atomic mass is 16.5. The number of piperidine rings is 1. The Balaban J connectivity index is 1.53. The van der Waals surface area contributed by atoms with Crippen molar-refractivity contribution in [2.45, 2.75) is 38.4 Å². The molecule has 1 fully saturated rings. The highest BCUT2D eigenvalue weighted by Gasteiger charge is 2.38. The number of hydrogen-bond donors (Lipinski definition) is 3. The van der Waals surface area contributed by atoms with Crippen molar-refractivity contribution >= 4 is 17.7 Å². The summed E-state index contributed by atoms with van der Waals surface area (Å²) in [6.07, 6.45) is 1.50. The van der Waals surface area contributed by atoms with Gasteiger partial charge in [-0.15, -0.1) is 0 Å². The van der Waals surface area contributed by atoms with Gasteiger partial charge in [-0.2, -0.15) is 0 Å². The van der Waals surface area contributed by atoms with Crippen LogP contribution in [0.25, 0.3) is 0 Å². The van der Waals surface area contributed by atoms with E-state index in [1.807, 2.05) is 18.2 Å². The number of nitrogens with one attached hydrogen (secondary N) is 2. The number of rotatable bonds is 9. The first-order valence-electron chi connectivity index (χ1n) is 9.35. The maximum absolute atomic E-state index is 12.6. The van der Waals surface area contributed by atoms with Gasteiger partial charge >= 0.3 is 0 Å². The van der Waals surface area contributed by atoms with Gasteiger partial charge in [0.2, 0.25) is 11.8 Å². The second kappa shape index (κ2) is 9.07. The molecule has 8 heteroatoms. The number of hydrogen-bond acceptors (Lipinski definition) is 6. The predicted molar refractivity (Wildman–Crippen MR) is 98.7 cm³/mol. The minimum atomic E-state index is -0.574. The maximum atomic E-state index is 12.6. The van der Waals surface area contributed by atoms with E-state index in [-0.39, 0.29) is 24.1 Å². The minimum absolute atomic E-state index is 0.146. The Kier molecular flexibility index (Phi) is 6.54. The van der Waals surface area contributed by atoms with E-state index in [0.29, 0.717) is 44.8 Å². The molecule has 0 saturated carbocycles. The van der Waals surface area contributed by atoms with E-state index in [9.17, 15) is 14.4 Å². The summed E-state index contributed by atoms with van der Waals surface area (Å²) in [5, 5.41) is 5.63. The molecule has 146 valence electrons. The number of ether oxygens (including phenoxy) is 1. The summed E-state index contributed by atoms with van der Waals surface area (Å²) < 4.78 is 5.44. The Bertz CT molecular complexity index is 722. The molecule has 2 heterocycles. The lowest BCUT2D eigenvalue weighted by Gasteiger charge is -2.29. The number of nitrogens with two attached hydrogens (primary N) is 1. The molecule has 0 aromatic heterocycles. The van der Waals surface area contributed by atoms with Crippen LogP contribution in [-0.4, -0.2) is 55.0 Å². The fraction of sp³-hybridized carbons (Fsp3) is 0.526. The molecule has 0 radical (unpaired) electrons. The number of amides is 3. The van der Waals surface area contributed by atoms with Gasteiger partial charge in [0.15, 0.2) is 0 Å². The quantitative estimate of drug-likeness (QED) is 0.411. The van der Waals surface area contributed by atoms with E-state index < -0.39 is 6.04 Å². The highest BCUT2D eigenvalue weighted by Crippen LogP contribution is 2.28. The molecular weight excluding hydrogens is 348 g/mol. The van der Waals surface area contributed by atoms with Crippen molar-refractivity contribution in [1.82, 2.24) is 15.5 Å². The largest absolute Gasteiger partial charge is 0.380 e. The summed E-state index contributed by atoms with van der Waals surface area (Å²) >= 11 is 0. The van der Waals surface area contributed by atoms with Gasteiger partial charge in [-0.05, 0) is 36.6 Å². The molecule has 8 nitrogen and oxygen atoms in total. The molecule has 27 heavy (non-hydrogen) atoms. The molecule has 2 aliphatic heterocycles. The van der Waals surface area contributed by atoms with Crippen LogP contribution in [0.5, 0.6) is 0 Å². The smallest absolute Gasteiger partial charge is 0.255 e. The van der Waals surface area contributed by atoms with Crippen LogP contribution in [0.3, 0.4) is 0 Å². The van der Waals surface area contributed by atoms with Crippen LogP contribution in [0.2, 0.25) is 0 Å². The maximum Gasteiger partial charge on any atom is 0.255 e. The summed E-state index contributed by atoms with van der Waals surface area (Å²) in [6.45, 7) is 3.76. The molecule has 3 amide bonds. The first kappa shape index (κ1) is 19.5. The van der Waals surface area contributed by atoms with Crippen LogP contribution in [0.1, 0.15) is 40.7 Å². The normalized spacial score (nSPS) is 19.4. The van der Waals surface area contributed by atoms with Crippen molar-refractivity contribution in [2.75, 3.05) is 26.3 Å². The van der Waals surface area contributed by atoms with Crippen molar-refractivity contribution in [1.29, 1.82) is 0 Å². The van der Waals surface area contributed by atoms with Gasteiger partial charge in [-0.25, -0.2) is 0 Å². The van der Waals surface area contributed by atoms with E-state index in [4.69, 9.17) is 10.5 Å². The number of carbonyl (C=O) groups excluding carboxylic acids is 3. The molecule has 1 atom stereocenters. The van der Waals surface area contributed by atoms with E-state index >= 15 is 0 Å². The summed E-state index contributed by atoms with van der Waals surface area (Å²) in [4.78, 5) is 37.6. The Morgan fingerprint density at radius 1 is 1.26 bits per heavy atom. The van der Waals surface area contributed by atoms with Crippen LogP contribution in [0.15, 0.2) is 18.2 Å². The summed E-state index contributed by atoms with van der Waals surface area (Å²) in [5.74, 6) is -0.808. The molecule has 2 aliphatic rings. The van der Waals surface area contributed by atoms with Gasteiger partial charge < -0.3 is 20.7 Å². The third-order valence-electron chi connectivity index (χ3n) is 4.83. The Hall–Kier alpha value is -2.29.